The third-order valence-electron chi connectivity index (χ3n) is 3.06. The number of benzene rings is 1. The molecule has 0 aliphatic carbocycles. The van der Waals surface area contributed by atoms with Crippen molar-refractivity contribution in [1.82, 2.24) is 4.98 Å². The molecule has 24 heavy (non-hydrogen) atoms. The maximum atomic E-state index is 12.5. The molecule has 7 heteroatoms. The van der Waals surface area contributed by atoms with Crippen molar-refractivity contribution in [2.75, 3.05) is 10.6 Å². The second-order valence-corrected chi connectivity index (χ2v) is 7.82. The highest BCUT2D eigenvalue weighted by molar-refractivity contribution is 9.10. The lowest BCUT2D eigenvalue weighted by atomic mass is 9.90. The van der Waals surface area contributed by atoms with E-state index in [0.717, 1.165) is 4.47 Å². The monoisotopic (exact) mass is 407 g/mol. The molecule has 1 heterocycles. The first-order valence-corrected chi connectivity index (χ1v) is 8.93. The Morgan fingerprint density at radius 1 is 1.21 bits per heavy atom. The summed E-state index contributed by atoms with van der Waals surface area (Å²) in [6.45, 7) is 5.42. The molecule has 2 N–H and O–H groups in total. The second-order valence-electron chi connectivity index (χ2n) is 6.07. The van der Waals surface area contributed by atoms with Crippen molar-refractivity contribution in [1.29, 1.82) is 0 Å². The number of nitrogens with zero attached hydrogens (tertiary/aromatic N) is 1. The van der Waals surface area contributed by atoms with E-state index in [4.69, 9.17) is 0 Å². The molecule has 1 aromatic carbocycles. The lowest BCUT2D eigenvalue weighted by Crippen LogP contribution is -2.24. The number of allylic oxidation sites excluding steroid dienone is 1. The fourth-order valence-corrected chi connectivity index (χ4v) is 2.57. The van der Waals surface area contributed by atoms with Gasteiger partial charge in [-0.2, -0.15) is 0 Å². The highest BCUT2D eigenvalue weighted by Crippen LogP contribution is 2.24. The molecular formula is C17H18BrN3O2S. The Balaban J connectivity index is 2.30. The van der Waals surface area contributed by atoms with Crippen molar-refractivity contribution in [3.05, 3.63) is 52.1 Å². The van der Waals surface area contributed by atoms with Crippen LogP contribution in [0, 0.1) is 5.41 Å². The van der Waals surface area contributed by atoms with Gasteiger partial charge < -0.3 is 5.32 Å². The molecule has 0 saturated heterocycles. The fourth-order valence-electron chi connectivity index (χ4n) is 1.66. The maximum absolute atomic E-state index is 12.5. The molecule has 0 aliphatic heterocycles. The number of carbonyl (C=O) groups excluding carboxylic acids is 2. The van der Waals surface area contributed by atoms with E-state index >= 15 is 0 Å². The smallest absolute Gasteiger partial charge is 0.273 e. The zero-order valence-electron chi connectivity index (χ0n) is 13.6. The van der Waals surface area contributed by atoms with E-state index in [1.165, 1.54) is 17.4 Å². The van der Waals surface area contributed by atoms with Crippen molar-refractivity contribution in [2.24, 2.45) is 5.41 Å². The molecule has 0 spiro atoms. The number of amides is 1. The van der Waals surface area contributed by atoms with Gasteiger partial charge in [0.2, 0.25) is 0 Å². The van der Waals surface area contributed by atoms with Crippen molar-refractivity contribution in [3.63, 3.8) is 0 Å². The minimum absolute atomic E-state index is 0.147. The Morgan fingerprint density at radius 2 is 1.92 bits per heavy atom. The highest BCUT2D eigenvalue weighted by Gasteiger charge is 2.22. The summed E-state index contributed by atoms with van der Waals surface area (Å²) in [7, 11) is 0. The number of nitrogens with one attached hydrogen (secondary N) is 2. The molecule has 0 radical (unpaired) electrons. The largest absolute Gasteiger partial charge is 0.350 e. The van der Waals surface area contributed by atoms with Crippen molar-refractivity contribution in [3.8, 4) is 0 Å². The third kappa shape index (κ3) is 5.01. The molecule has 126 valence electrons. The standard InChI is InChI=1S/C17H18BrN3O2S/c1-17(2,3)14(22)10-13(15(23)21-16-19-8-9-24-16)20-12-7-5-4-6-11(12)18/h4-10,20H,1-3H3,(H,19,21,23). The van der Waals surface area contributed by atoms with Crippen LogP contribution in [0.5, 0.6) is 0 Å². The van der Waals surface area contributed by atoms with Crippen LogP contribution in [0.2, 0.25) is 0 Å². The zero-order chi connectivity index (χ0) is 17.7. The summed E-state index contributed by atoms with van der Waals surface area (Å²) >= 11 is 4.73. The Hall–Kier alpha value is -1.99. The van der Waals surface area contributed by atoms with Crippen LogP contribution >= 0.6 is 27.3 Å². The number of hydrogen-bond acceptors (Lipinski definition) is 5. The zero-order valence-corrected chi connectivity index (χ0v) is 16.0. The molecule has 0 atom stereocenters. The lowest BCUT2D eigenvalue weighted by Gasteiger charge is -2.16. The van der Waals surface area contributed by atoms with Gasteiger partial charge in [0.05, 0.1) is 5.69 Å². The van der Waals surface area contributed by atoms with Crippen LogP contribution < -0.4 is 10.6 Å². The van der Waals surface area contributed by atoms with E-state index in [9.17, 15) is 9.59 Å². The molecule has 0 fully saturated rings. The van der Waals surface area contributed by atoms with Crippen molar-refractivity contribution < 1.29 is 9.59 Å². The summed E-state index contributed by atoms with van der Waals surface area (Å²) in [6, 6.07) is 7.38. The summed E-state index contributed by atoms with van der Waals surface area (Å²) < 4.78 is 0.793. The predicted molar refractivity (Wildman–Crippen MR) is 101 cm³/mol. The molecule has 1 amide bonds. The van der Waals surface area contributed by atoms with Crippen LogP contribution in [0.15, 0.2) is 52.1 Å². The number of carbonyl (C=O) groups is 2. The minimum Gasteiger partial charge on any atom is -0.350 e. The molecule has 0 aliphatic rings. The van der Waals surface area contributed by atoms with Gasteiger partial charge in [-0.1, -0.05) is 32.9 Å². The predicted octanol–water partition coefficient (Wildman–Crippen LogP) is 4.46. The van der Waals surface area contributed by atoms with Gasteiger partial charge in [0, 0.05) is 27.5 Å². The molecule has 2 aromatic rings. The van der Waals surface area contributed by atoms with Crippen LogP contribution in [0.25, 0.3) is 0 Å². The van der Waals surface area contributed by atoms with Gasteiger partial charge in [0.1, 0.15) is 5.70 Å². The minimum atomic E-state index is -0.581. The Bertz CT molecular complexity index is 764. The maximum Gasteiger partial charge on any atom is 0.273 e. The second kappa shape index (κ2) is 7.72. The van der Waals surface area contributed by atoms with Crippen LogP contribution in [-0.2, 0) is 9.59 Å². The summed E-state index contributed by atoms with van der Waals surface area (Å²) in [5.41, 5.74) is 0.277. The van der Waals surface area contributed by atoms with Gasteiger partial charge in [-0.3, -0.25) is 14.9 Å². The van der Waals surface area contributed by atoms with Crippen molar-refractivity contribution >= 4 is 49.8 Å². The molecule has 5 nitrogen and oxygen atoms in total. The lowest BCUT2D eigenvalue weighted by molar-refractivity contribution is -0.122. The van der Waals surface area contributed by atoms with E-state index < -0.39 is 11.3 Å². The number of rotatable bonds is 5. The first-order valence-electron chi connectivity index (χ1n) is 7.26. The van der Waals surface area contributed by atoms with Gasteiger partial charge in [-0.05, 0) is 28.1 Å². The summed E-state index contributed by atoms with van der Waals surface area (Å²) in [4.78, 5) is 28.9. The first-order chi connectivity index (χ1) is 11.3. The average molecular weight is 408 g/mol. The fraction of sp³-hybridized carbons (Fsp3) is 0.235. The van der Waals surface area contributed by atoms with Crippen LogP contribution in [0.3, 0.4) is 0 Å². The molecule has 0 unspecified atom stereocenters. The summed E-state index contributed by atoms with van der Waals surface area (Å²) in [6.07, 6.45) is 2.94. The van der Waals surface area contributed by atoms with Crippen LogP contribution in [0.1, 0.15) is 20.8 Å². The molecule has 0 saturated carbocycles. The van der Waals surface area contributed by atoms with Crippen LogP contribution in [-0.4, -0.2) is 16.7 Å². The first kappa shape index (κ1) is 18.4. The normalized spacial score (nSPS) is 11.9. The van der Waals surface area contributed by atoms with E-state index in [1.807, 2.05) is 24.3 Å². The summed E-state index contributed by atoms with van der Waals surface area (Å²) in [5, 5.41) is 7.95. The van der Waals surface area contributed by atoms with E-state index in [-0.39, 0.29) is 11.5 Å². The number of anilines is 2. The van der Waals surface area contributed by atoms with E-state index in [1.54, 1.807) is 32.3 Å². The quantitative estimate of drug-likeness (QED) is 0.717. The van der Waals surface area contributed by atoms with E-state index in [0.29, 0.717) is 10.8 Å². The number of halogens is 1. The van der Waals surface area contributed by atoms with Gasteiger partial charge in [-0.15, -0.1) is 11.3 Å². The number of aromatic nitrogens is 1. The van der Waals surface area contributed by atoms with Gasteiger partial charge >= 0.3 is 0 Å². The Kier molecular flexibility index (Phi) is 5.90. The van der Waals surface area contributed by atoms with Crippen LogP contribution in [0.4, 0.5) is 10.8 Å². The molecule has 0 bridgehead atoms. The highest BCUT2D eigenvalue weighted by atomic mass is 79.9. The van der Waals surface area contributed by atoms with Crippen molar-refractivity contribution in [2.45, 2.75) is 20.8 Å². The Labute approximate surface area is 153 Å². The number of thiazole rings is 1. The van der Waals surface area contributed by atoms with E-state index in [2.05, 4.69) is 31.5 Å². The third-order valence-corrected chi connectivity index (χ3v) is 4.44. The molecule has 2 rings (SSSR count). The number of ketones is 1. The Morgan fingerprint density at radius 3 is 2.50 bits per heavy atom. The molecule has 1 aromatic heterocycles. The average Bonchev–Trinajstić information content (AvgIpc) is 3.00. The van der Waals surface area contributed by atoms with Gasteiger partial charge in [0.15, 0.2) is 10.9 Å². The SMILES string of the molecule is CC(C)(C)C(=O)C=C(Nc1ccccc1Br)C(=O)Nc1nccs1. The molecular weight excluding hydrogens is 390 g/mol. The summed E-state index contributed by atoms with van der Waals surface area (Å²) in [5.74, 6) is -0.565. The topological polar surface area (TPSA) is 71.1 Å². The van der Waals surface area contributed by atoms with Gasteiger partial charge in [-0.25, -0.2) is 4.98 Å². The van der Waals surface area contributed by atoms with Gasteiger partial charge in [0.25, 0.3) is 5.91 Å². The number of hydrogen-bond donors (Lipinski definition) is 2. The number of para-hydroxylation sites is 1.